The molecule has 2 N–H and O–H groups in total. The average Bonchev–Trinajstić information content (AvgIpc) is 3.72. The molecular weight excluding hydrogens is 687 g/mol. The van der Waals surface area contributed by atoms with Crippen LogP contribution in [0.25, 0.3) is 0 Å². The molecule has 2 aromatic rings. The average molecular weight is 739 g/mol. The minimum Gasteiger partial charge on any atom is -0.481 e. The van der Waals surface area contributed by atoms with Crippen LogP contribution in [0, 0.1) is 5.92 Å². The number of amides is 1. The first-order chi connectivity index (χ1) is 24.0. The predicted molar refractivity (Wildman–Crippen MR) is 186 cm³/mol. The van der Waals surface area contributed by atoms with Gasteiger partial charge in [-0.25, -0.2) is 13.2 Å². The number of aliphatic hydroxyl groups excluding tert-OH is 1. The van der Waals surface area contributed by atoms with Gasteiger partial charge in [-0.15, -0.1) is 0 Å². The van der Waals surface area contributed by atoms with E-state index in [2.05, 4.69) is 5.32 Å². The molecule has 15 heteroatoms. The van der Waals surface area contributed by atoms with E-state index in [1.54, 1.807) is 36.4 Å². The number of β-amino-alcohol motifs (C(OH)–C–C–N with tert-alkyl or cyclic N) is 1. The summed E-state index contributed by atoms with van der Waals surface area (Å²) in [5, 5.41) is 14.3. The molecule has 278 valence electrons. The Labute approximate surface area is 295 Å². The Morgan fingerprint density at radius 2 is 1.76 bits per heavy atom. The van der Waals surface area contributed by atoms with Gasteiger partial charge in [0.1, 0.15) is 11.9 Å². The molecule has 2 aromatic carbocycles. The van der Waals surface area contributed by atoms with E-state index in [-0.39, 0.29) is 49.2 Å². The van der Waals surface area contributed by atoms with Gasteiger partial charge in [-0.1, -0.05) is 63.9 Å². The molecule has 2 saturated heterocycles. The first-order valence-corrected chi connectivity index (χ1v) is 20.8. The molecule has 0 aromatic heterocycles. The molecule has 0 bridgehead atoms. The highest BCUT2D eigenvalue weighted by Crippen LogP contribution is 2.48. The summed E-state index contributed by atoms with van der Waals surface area (Å²) in [6.45, 7) is 7.31. The Bertz CT molecular complexity index is 1550. The molecule has 1 unspecified atom stereocenters. The summed E-state index contributed by atoms with van der Waals surface area (Å²) in [5.74, 6) is 0.290. The second kappa shape index (κ2) is 17.8. The standard InChI is InChI=1S/C35H51N2O11PS/c1-4-6-17-46-49(40,47-18-7-5-2)24-45-27-14-12-26(13-15-27)20-30(36-35(39)48-32-23-44-34-29(32)16-19-43-34)31(38)22-37-21-25(3)28-10-8-9-11-33(28)50(37,41)42/h8-15,25,29-32,34,38H,4-7,16-24H2,1-3H3,(H,36,39)/t25?,29-,30-,31+,32-,34+/m0/s1. The number of aliphatic hydroxyl groups is 1. The zero-order valence-electron chi connectivity index (χ0n) is 29.1. The fourth-order valence-corrected chi connectivity index (χ4v) is 9.57. The van der Waals surface area contributed by atoms with Crippen molar-refractivity contribution in [1.82, 2.24) is 9.62 Å². The monoisotopic (exact) mass is 738 g/mol. The summed E-state index contributed by atoms with van der Waals surface area (Å²) in [7, 11) is -7.34. The van der Waals surface area contributed by atoms with Crippen LogP contribution in [-0.4, -0.2) is 94.3 Å². The Kier molecular flexibility index (Phi) is 13.8. The Balaban J connectivity index is 1.27. The summed E-state index contributed by atoms with van der Waals surface area (Å²) >= 11 is 0. The highest BCUT2D eigenvalue weighted by molar-refractivity contribution is 7.89. The van der Waals surface area contributed by atoms with Crippen LogP contribution in [0.5, 0.6) is 5.75 Å². The third-order valence-corrected chi connectivity index (χ3v) is 12.8. The van der Waals surface area contributed by atoms with E-state index in [1.807, 2.05) is 32.9 Å². The number of nitrogens with one attached hydrogen (secondary N) is 1. The second-order valence-corrected chi connectivity index (χ2v) is 17.1. The lowest BCUT2D eigenvalue weighted by molar-refractivity contribution is -0.0907. The van der Waals surface area contributed by atoms with Crippen molar-refractivity contribution in [1.29, 1.82) is 0 Å². The van der Waals surface area contributed by atoms with Gasteiger partial charge in [0.15, 0.2) is 12.6 Å². The summed E-state index contributed by atoms with van der Waals surface area (Å²) in [6.07, 6.45) is 1.01. The van der Waals surface area contributed by atoms with Gasteiger partial charge in [-0.2, -0.15) is 4.31 Å². The molecule has 0 spiro atoms. The van der Waals surface area contributed by atoms with E-state index in [4.69, 9.17) is 28.0 Å². The molecule has 13 nitrogen and oxygen atoms in total. The van der Waals surface area contributed by atoms with Crippen LogP contribution >= 0.6 is 7.60 Å². The fourth-order valence-electron chi connectivity index (χ4n) is 6.36. The van der Waals surface area contributed by atoms with Gasteiger partial charge in [-0.3, -0.25) is 4.57 Å². The number of hydrogen-bond acceptors (Lipinski definition) is 11. The van der Waals surface area contributed by atoms with E-state index in [0.29, 0.717) is 32.0 Å². The van der Waals surface area contributed by atoms with Gasteiger partial charge >= 0.3 is 13.7 Å². The van der Waals surface area contributed by atoms with Crippen LogP contribution in [0.4, 0.5) is 4.79 Å². The van der Waals surface area contributed by atoms with E-state index in [0.717, 1.165) is 36.8 Å². The van der Waals surface area contributed by atoms with Crippen LogP contribution in [0.2, 0.25) is 0 Å². The molecule has 0 aliphatic carbocycles. The van der Waals surface area contributed by atoms with Crippen LogP contribution in [0.1, 0.15) is 69.9 Å². The first-order valence-electron chi connectivity index (χ1n) is 17.6. The van der Waals surface area contributed by atoms with Crippen LogP contribution < -0.4 is 10.1 Å². The lowest BCUT2D eigenvalue weighted by atomic mass is 9.99. The number of alkyl carbamates (subject to hydrolysis) is 1. The highest BCUT2D eigenvalue weighted by Gasteiger charge is 2.44. The van der Waals surface area contributed by atoms with Crippen molar-refractivity contribution in [2.45, 2.75) is 94.6 Å². The van der Waals surface area contributed by atoms with Gasteiger partial charge in [0.25, 0.3) is 0 Å². The molecule has 3 aliphatic heterocycles. The topological polar surface area (TPSA) is 159 Å². The molecule has 1 amide bonds. The van der Waals surface area contributed by atoms with Gasteiger partial charge in [0, 0.05) is 13.1 Å². The molecule has 0 saturated carbocycles. The minimum absolute atomic E-state index is 0.0684. The quantitative estimate of drug-likeness (QED) is 0.149. The number of benzene rings is 2. The normalized spacial score (nSPS) is 24.2. The van der Waals surface area contributed by atoms with E-state index in [1.165, 1.54) is 4.31 Å². The lowest BCUT2D eigenvalue weighted by Gasteiger charge is -2.35. The summed E-state index contributed by atoms with van der Waals surface area (Å²) < 4.78 is 75.6. The summed E-state index contributed by atoms with van der Waals surface area (Å²) in [5.41, 5.74) is 1.47. The van der Waals surface area contributed by atoms with Crippen molar-refractivity contribution in [3.05, 3.63) is 59.7 Å². The van der Waals surface area contributed by atoms with Gasteiger partial charge < -0.3 is 38.4 Å². The highest BCUT2D eigenvalue weighted by atomic mass is 32.2. The number of unbranched alkanes of at least 4 members (excludes halogenated alkanes) is 2. The number of hydrogen-bond donors (Lipinski definition) is 2. The van der Waals surface area contributed by atoms with Gasteiger partial charge in [0.05, 0.1) is 49.4 Å². The second-order valence-electron chi connectivity index (χ2n) is 13.2. The maximum Gasteiger partial charge on any atom is 0.407 e. The van der Waals surface area contributed by atoms with E-state index < -0.39 is 48.3 Å². The van der Waals surface area contributed by atoms with Crippen LogP contribution in [0.3, 0.4) is 0 Å². The van der Waals surface area contributed by atoms with Crippen LogP contribution in [0.15, 0.2) is 53.4 Å². The van der Waals surface area contributed by atoms with Crippen molar-refractivity contribution >= 4 is 23.7 Å². The molecule has 50 heavy (non-hydrogen) atoms. The van der Waals surface area contributed by atoms with Crippen molar-refractivity contribution in [3.8, 4) is 5.75 Å². The van der Waals surface area contributed by atoms with Crippen molar-refractivity contribution in [3.63, 3.8) is 0 Å². The third-order valence-electron chi connectivity index (χ3n) is 9.29. The smallest absolute Gasteiger partial charge is 0.407 e. The largest absolute Gasteiger partial charge is 0.481 e. The number of sulfonamides is 1. The Morgan fingerprint density at radius 1 is 1.06 bits per heavy atom. The summed E-state index contributed by atoms with van der Waals surface area (Å²) in [4.78, 5) is 13.4. The molecule has 2 fully saturated rings. The van der Waals surface area contributed by atoms with Gasteiger partial charge in [0.2, 0.25) is 10.0 Å². The number of carbonyl (C=O) groups is 1. The summed E-state index contributed by atoms with van der Waals surface area (Å²) in [6, 6.07) is 12.9. The third kappa shape index (κ3) is 9.86. The van der Waals surface area contributed by atoms with E-state index >= 15 is 0 Å². The first kappa shape index (κ1) is 38.7. The minimum atomic E-state index is -3.87. The molecule has 0 radical (unpaired) electrons. The molecule has 3 heterocycles. The Morgan fingerprint density at radius 3 is 2.46 bits per heavy atom. The van der Waals surface area contributed by atoms with Crippen molar-refractivity contribution in [2.24, 2.45) is 5.92 Å². The van der Waals surface area contributed by atoms with Crippen molar-refractivity contribution in [2.75, 3.05) is 45.9 Å². The maximum absolute atomic E-state index is 13.6. The maximum atomic E-state index is 13.6. The number of nitrogens with zero attached hydrogens (tertiary/aromatic N) is 1. The lowest BCUT2D eigenvalue weighted by Crippen LogP contribution is -2.52. The zero-order valence-corrected chi connectivity index (χ0v) is 30.8. The van der Waals surface area contributed by atoms with E-state index in [9.17, 15) is 22.9 Å². The molecule has 3 aliphatic rings. The fraction of sp³-hybridized carbons (Fsp3) is 0.629. The zero-order chi connectivity index (χ0) is 35.7. The predicted octanol–water partition coefficient (Wildman–Crippen LogP) is 5.42. The molecule has 6 atom stereocenters. The SMILES string of the molecule is CCCCOP(=O)(COc1ccc(C[C@H](NC(=O)O[C@H]2CO[C@H]3OCC[C@H]32)[C@H](O)CN2CC(C)c3ccccc3S2(=O)=O)cc1)OCCCC. The van der Waals surface area contributed by atoms with Crippen molar-refractivity contribution < 1.29 is 50.9 Å². The van der Waals surface area contributed by atoms with Crippen LogP contribution in [-0.2, 0) is 44.3 Å². The van der Waals surface area contributed by atoms with Gasteiger partial charge in [-0.05, 0) is 60.9 Å². The number of fused-ring (bicyclic) bond motifs is 2. The molecule has 5 rings (SSSR count). The molecular formula is C35H51N2O11PS. The Hall–Kier alpha value is -2.55. The number of carbonyl (C=O) groups excluding carboxylic acids is 1. The number of rotatable bonds is 18. The number of ether oxygens (including phenoxy) is 4.